The molecule has 2 rings (SSSR count). The molecule has 0 aliphatic rings. The lowest BCUT2D eigenvalue weighted by atomic mass is 10.1. The van der Waals surface area contributed by atoms with E-state index in [1.54, 1.807) is 18.3 Å². The Labute approximate surface area is 132 Å². The van der Waals surface area contributed by atoms with E-state index in [4.69, 9.17) is 5.11 Å². The Morgan fingerprint density at radius 1 is 1.29 bits per heavy atom. The first-order chi connectivity index (χ1) is 10.1. The Morgan fingerprint density at radius 2 is 2.05 bits per heavy atom. The zero-order valence-corrected chi connectivity index (χ0v) is 13.4. The number of nitrogens with zero attached hydrogens (tertiary/aromatic N) is 2. The summed E-state index contributed by atoms with van der Waals surface area (Å²) in [6.45, 7) is 1.82. The number of hydrogen-bond donors (Lipinski definition) is 1. The molecule has 0 saturated carbocycles. The normalized spacial score (nSPS) is 10.6. The largest absolute Gasteiger partial charge is 0.478 e. The van der Waals surface area contributed by atoms with E-state index in [9.17, 15) is 4.79 Å². The van der Waals surface area contributed by atoms with Crippen LogP contribution in [0, 0.1) is 6.92 Å². The number of hydrogen-bond acceptors (Lipinski definition) is 3. The lowest BCUT2D eigenvalue weighted by Crippen LogP contribution is -2.02. The Balaban J connectivity index is 1.89. The summed E-state index contributed by atoms with van der Waals surface area (Å²) in [5, 5.41) is 9.04. The summed E-state index contributed by atoms with van der Waals surface area (Å²) in [6.07, 6.45) is 5.43. The number of carboxylic acid groups (broad SMARTS) is 1. The van der Waals surface area contributed by atoms with Crippen LogP contribution >= 0.6 is 15.9 Å². The molecule has 2 heterocycles. The van der Waals surface area contributed by atoms with Gasteiger partial charge in [-0.05, 0) is 72.8 Å². The van der Waals surface area contributed by atoms with Crippen molar-refractivity contribution < 1.29 is 9.90 Å². The van der Waals surface area contributed by atoms with Crippen LogP contribution in [0.2, 0.25) is 0 Å². The van der Waals surface area contributed by atoms with Crippen molar-refractivity contribution in [3.8, 4) is 0 Å². The number of aryl methyl sites for hydroxylation is 3. The van der Waals surface area contributed by atoms with Gasteiger partial charge in [-0.3, -0.25) is 9.97 Å². The molecule has 2 aromatic heterocycles. The van der Waals surface area contributed by atoms with Gasteiger partial charge in [-0.15, -0.1) is 0 Å². The molecule has 0 aliphatic carbocycles. The Bertz CT molecular complexity index is 644. The molecular formula is C16H17BrN2O2. The zero-order chi connectivity index (χ0) is 15.2. The SMILES string of the molecule is Cc1cc(C(=O)O)cc(CCCCc2ncccc2Br)n1. The lowest BCUT2D eigenvalue weighted by molar-refractivity contribution is 0.0696. The molecule has 0 aliphatic heterocycles. The second-order valence-corrected chi connectivity index (χ2v) is 5.79. The molecule has 0 unspecified atom stereocenters. The molecule has 2 aromatic rings. The van der Waals surface area contributed by atoms with E-state index in [-0.39, 0.29) is 0 Å². The summed E-state index contributed by atoms with van der Waals surface area (Å²) < 4.78 is 1.03. The summed E-state index contributed by atoms with van der Waals surface area (Å²) in [4.78, 5) is 19.7. The molecule has 0 amide bonds. The first-order valence-electron chi connectivity index (χ1n) is 6.86. The maximum absolute atomic E-state index is 11.0. The summed E-state index contributed by atoms with van der Waals surface area (Å²) in [7, 11) is 0. The van der Waals surface area contributed by atoms with Crippen LogP contribution in [-0.4, -0.2) is 21.0 Å². The minimum Gasteiger partial charge on any atom is -0.478 e. The molecule has 0 radical (unpaired) electrons. The molecule has 5 heteroatoms. The Kier molecular flexibility index (Phi) is 5.44. The van der Waals surface area contributed by atoms with Gasteiger partial charge in [-0.2, -0.15) is 0 Å². The highest BCUT2D eigenvalue weighted by Crippen LogP contribution is 2.16. The third kappa shape index (κ3) is 4.63. The fourth-order valence-corrected chi connectivity index (χ4v) is 2.64. The van der Waals surface area contributed by atoms with Crippen LogP contribution in [0.1, 0.15) is 40.3 Å². The molecule has 110 valence electrons. The van der Waals surface area contributed by atoms with Gasteiger partial charge in [0, 0.05) is 22.1 Å². The number of aromatic carboxylic acids is 1. The van der Waals surface area contributed by atoms with Gasteiger partial charge >= 0.3 is 5.97 Å². The van der Waals surface area contributed by atoms with E-state index >= 15 is 0 Å². The molecule has 0 bridgehead atoms. The van der Waals surface area contributed by atoms with Crippen molar-refractivity contribution in [3.05, 3.63) is 57.6 Å². The van der Waals surface area contributed by atoms with Crippen LogP contribution in [-0.2, 0) is 12.8 Å². The van der Waals surface area contributed by atoms with Crippen LogP contribution in [0.3, 0.4) is 0 Å². The standard InChI is InChI=1S/C16H17BrN2O2/c1-11-9-12(16(20)21)10-13(19-11)5-2-3-7-15-14(17)6-4-8-18-15/h4,6,8-10H,2-3,5,7H2,1H3,(H,20,21). The first kappa shape index (κ1) is 15.6. The van der Waals surface area contributed by atoms with Gasteiger partial charge in [-0.25, -0.2) is 4.79 Å². The maximum atomic E-state index is 11.0. The van der Waals surface area contributed by atoms with Crippen molar-refractivity contribution in [2.75, 3.05) is 0 Å². The highest BCUT2D eigenvalue weighted by Gasteiger charge is 2.07. The second-order valence-electron chi connectivity index (χ2n) is 4.93. The van der Waals surface area contributed by atoms with E-state index < -0.39 is 5.97 Å². The third-order valence-corrected chi connectivity index (χ3v) is 3.91. The molecule has 0 spiro atoms. The third-order valence-electron chi connectivity index (χ3n) is 3.18. The monoisotopic (exact) mass is 348 g/mol. The topological polar surface area (TPSA) is 63.1 Å². The number of aromatic nitrogens is 2. The van der Waals surface area contributed by atoms with E-state index in [2.05, 4.69) is 25.9 Å². The minimum atomic E-state index is -0.904. The lowest BCUT2D eigenvalue weighted by Gasteiger charge is -2.05. The summed E-state index contributed by atoms with van der Waals surface area (Å²) in [5.41, 5.74) is 2.95. The number of carbonyl (C=O) groups is 1. The molecular weight excluding hydrogens is 332 g/mol. The number of unbranched alkanes of at least 4 members (excludes halogenated alkanes) is 1. The van der Waals surface area contributed by atoms with E-state index in [0.717, 1.165) is 47.2 Å². The fourth-order valence-electron chi connectivity index (χ4n) is 2.19. The summed E-state index contributed by atoms with van der Waals surface area (Å²) in [6, 6.07) is 7.14. The molecule has 4 nitrogen and oxygen atoms in total. The van der Waals surface area contributed by atoms with E-state index in [0.29, 0.717) is 5.56 Å². The number of rotatable bonds is 6. The Morgan fingerprint density at radius 3 is 2.76 bits per heavy atom. The van der Waals surface area contributed by atoms with Gasteiger partial charge in [0.25, 0.3) is 0 Å². The molecule has 0 fully saturated rings. The molecule has 1 N–H and O–H groups in total. The predicted molar refractivity (Wildman–Crippen MR) is 84.5 cm³/mol. The average molecular weight is 349 g/mol. The average Bonchev–Trinajstić information content (AvgIpc) is 2.44. The van der Waals surface area contributed by atoms with Crippen molar-refractivity contribution in [2.45, 2.75) is 32.6 Å². The molecule has 0 aromatic carbocycles. The minimum absolute atomic E-state index is 0.310. The van der Waals surface area contributed by atoms with Gasteiger partial charge in [-0.1, -0.05) is 0 Å². The number of pyridine rings is 2. The van der Waals surface area contributed by atoms with E-state index in [1.807, 2.05) is 19.1 Å². The van der Waals surface area contributed by atoms with Crippen LogP contribution < -0.4 is 0 Å². The van der Waals surface area contributed by atoms with Crippen molar-refractivity contribution >= 4 is 21.9 Å². The molecule has 0 atom stereocenters. The number of carboxylic acids is 1. The highest BCUT2D eigenvalue weighted by atomic mass is 79.9. The maximum Gasteiger partial charge on any atom is 0.335 e. The van der Waals surface area contributed by atoms with Crippen LogP contribution in [0.5, 0.6) is 0 Å². The van der Waals surface area contributed by atoms with Crippen molar-refractivity contribution in [1.29, 1.82) is 0 Å². The number of halogens is 1. The van der Waals surface area contributed by atoms with Crippen molar-refractivity contribution in [2.24, 2.45) is 0 Å². The van der Waals surface area contributed by atoms with Gasteiger partial charge in [0.15, 0.2) is 0 Å². The summed E-state index contributed by atoms with van der Waals surface area (Å²) in [5.74, 6) is -0.904. The predicted octanol–water partition coefficient (Wildman–Crippen LogP) is 3.81. The van der Waals surface area contributed by atoms with Gasteiger partial charge in [0.1, 0.15) is 0 Å². The molecule has 0 saturated heterocycles. The second kappa shape index (κ2) is 7.31. The Hall–Kier alpha value is -1.75. The van der Waals surface area contributed by atoms with Crippen LogP contribution in [0.4, 0.5) is 0 Å². The van der Waals surface area contributed by atoms with Crippen LogP contribution in [0.15, 0.2) is 34.9 Å². The van der Waals surface area contributed by atoms with Gasteiger partial charge in [0.05, 0.1) is 11.3 Å². The first-order valence-corrected chi connectivity index (χ1v) is 7.66. The summed E-state index contributed by atoms with van der Waals surface area (Å²) >= 11 is 3.49. The zero-order valence-electron chi connectivity index (χ0n) is 11.8. The van der Waals surface area contributed by atoms with E-state index in [1.165, 1.54) is 0 Å². The quantitative estimate of drug-likeness (QED) is 0.806. The van der Waals surface area contributed by atoms with Gasteiger partial charge in [0.2, 0.25) is 0 Å². The van der Waals surface area contributed by atoms with Crippen molar-refractivity contribution in [1.82, 2.24) is 9.97 Å². The smallest absolute Gasteiger partial charge is 0.335 e. The van der Waals surface area contributed by atoms with Crippen molar-refractivity contribution in [3.63, 3.8) is 0 Å². The highest BCUT2D eigenvalue weighted by molar-refractivity contribution is 9.10. The van der Waals surface area contributed by atoms with Crippen LogP contribution in [0.25, 0.3) is 0 Å². The fraction of sp³-hybridized carbons (Fsp3) is 0.312. The van der Waals surface area contributed by atoms with Gasteiger partial charge < -0.3 is 5.11 Å². The molecule has 21 heavy (non-hydrogen) atoms.